The fraction of sp³-hybridized carbons (Fsp3) is 0.667. The van der Waals surface area contributed by atoms with Gasteiger partial charge in [-0.2, -0.15) is 0 Å². The van der Waals surface area contributed by atoms with E-state index in [1.54, 1.807) is 7.05 Å². The van der Waals surface area contributed by atoms with E-state index in [4.69, 9.17) is 0 Å². The number of thiazole rings is 1. The van der Waals surface area contributed by atoms with E-state index in [0.717, 1.165) is 34.9 Å². The van der Waals surface area contributed by atoms with Gasteiger partial charge in [-0.05, 0) is 38.5 Å². The van der Waals surface area contributed by atoms with Crippen LogP contribution in [0.25, 0.3) is 0 Å². The Morgan fingerprint density at radius 3 is 2.69 bits per heavy atom. The zero-order chi connectivity index (χ0) is 18.9. The Morgan fingerprint density at radius 2 is 2.12 bits per heavy atom. The Balaban J connectivity index is 1.61. The lowest BCUT2D eigenvalue weighted by atomic mass is 9.75. The van der Waals surface area contributed by atoms with Crippen molar-refractivity contribution in [1.82, 2.24) is 20.1 Å². The van der Waals surface area contributed by atoms with E-state index in [1.165, 1.54) is 16.2 Å². The zero-order valence-corrected chi connectivity index (χ0v) is 16.4. The molecule has 0 atom stereocenters. The van der Waals surface area contributed by atoms with E-state index in [1.807, 2.05) is 12.3 Å². The number of hydrogen-bond donors (Lipinski definition) is 1. The first-order chi connectivity index (χ1) is 12.3. The quantitative estimate of drug-likeness (QED) is 0.797. The largest absolute Gasteiger partial charge is 0.338 e. The van der Waals surface area contributed by atoms with Gasteiger partial charge in [0.05, 0.1) is 17.2 Å². The fourth-order valence-electron chi connectivity index (χ4n) is 3.81. The van der Waals surface area contributed by atoms with Crippen LogP contribution < -0.4 is 5.32 Å². The van der Waals surface area contributed by atoms with Crippen LogP contribution in [-0.4, -0.2) is 51.8 Å². The molecule has 1 aliphatic heterocycles. The molecule has 142 valence electrons. The minimum atomic E-state index is -0.798. The summed E-state index contributed by atoms with van der Waals surface area (Å²) in [5.74, 6) is 0.107. The second-order valence-electron chi connectivity index (χ2n) is 7.36. The summed E-state index contributed by atoms with van der Waals surface area (Å²) in [5, 5.41) is 5.72. The number of amides is 4. The van der Waals surface area contributed by atoms with Crippen molar-refractivity contribution in [3.05, 3.63) is 16.1 Å². The van der Waals surface area contributed by atoms with Gasteiger partial charge in [-0.1, -0.05) is 13.3 Å². The monoisotopic (exact) mass is 378 g/mol. The van der Waals surface area contributed by atoms with Crippen LogP contribution in [0.4, 0.5) is 4.79 Å². The molecule has 8 heteroatoms. The van der Waals surface area contributed by atoms with Gasteiger partial charge in [-0.3, -0.25) is 14.5 Å². The normalized spacial score (nSPS) is 25.7. The summed E-state index contributed by atoms with van der Waals surface area (Å²) in [7, 11) is 1.66. The average molecular weight is 378 g/mol. The van der Waals surface area contributed by atoms with Gasteiger partial charge in [-0.15, -0.1) is 11.3 Å². The molecule has 1 saturated carbocycles. The van der Waals surface area contributed by atoms with E-state index in [9.17, 15) is 14.4 Å². The molecule has 1 N–H and O–H groups in total. The third-order valence-corrected chi connectivity index (χ3v) is 6.39. The number of aryl methyl sites for hydroxylation is 1. The van der Waals surface area contributed by atoms with E-state index in [0.29, 0.717) is 25.3 Å². The van der Waals surface area contributed by atoms with Gasteiger partial charge in [0, 0.05) is 12.4 Å². The number of urea groups is 1. The van der Waals surface area contributed by atoms with Crippen LogP contribution >= 0.6 is 11.3 Å². The number of hydrogen-bond acceptors (Lipinski definition) is 5. The molecule has 3 rings (SSSR count). The van der Waals surface area contributed by atoms with Crippen molar-refractivity contribution < 1.29 is 14.4 Å². The molecule has 2 heterocycles. The van der Waals surface area contributed by atoms with Crippen molar-refractivity contribution in [3.63, 3.8) is 0 Å². The summed E-state index contributed by atoms with van der Waals surface area (Å²) in [4.78, 5) is 44.6. The number of carbonyl (C=O) groups is 3. The number of imide groups is 1. The van der Waals surface area contributed by atoms with Gasteiger partial charge in [0.25, 0.3) is 5.91 Å². The van der Waals surface area contributed by atoms with Crippen LogP contribution in [0.15, 0.2) is 5.38 Å². The highest BCUT2D eigenvalue weighted by atomic mass is 32.1. The van der Waals surface area contributed by atoms with E-state index in [-0.39, 0.29) is 18.4 Å². The fourth-order valence-corrected chi connectivity index (χ4v) is 4.41. The molecule has 0 radical (unpaired) electrons. The predicted molar refractivity (Wildman–Crippen MR) is 98.5 cm³/mol. The molecule has 1 aromatic rings. The van der Waals surface area contributed by atoms with Crippen LogP contribution in [0.2, 0.25) is 0 Å². The number of rotatable bonds is 5. The van der Waals surface area contributed by atoms with Crippen molar-refractivity contribution in [2.45, 2.75) is 58.0 Å². The maximum Gasteiger partial charge on any atom is 0.325 e. The number of likely N-dealkylation sites (N-methyl/N-ethyl adjacent to an activating group) is 1. The van der Waals surface area contributed by atoms with Crippen LogP contribution in [0.3, 0.4) is 0 Å². The lowest BCUT2D eigenvalue weighted by molar-refractivity contribution is -0.139. The Labute approximate surface area is 157 Å². The molecule has 7 nitrogen and oxygen atoms in total. The average Bonchev–Trinajstić information content (AvgIpc) is 3.12. The molecule has 2 fully saturated rings. The minimum Gasteiger partial charge on any atom is -0.338 e. The second kappa shape index (κ2) is 7.34. The molecule has 1 aromatic heterocycles. The highest BCUT2D eigenvalue weighted by molar-refractivity contribution is 7.09. The summed E-state index contributed by atoms with van der Waals surface area (Å²) in [5.41, 5.74) is 0.0167. The van der Waals surface area contributed by atoms with Crippen LogP contribution in [0.1, 0.15) is 49.7 Å². The predicted octanol–water partition coefficient (Wildman–Crippen LogP) is 2.30. The highest BCUT2D eigenvalue weighted by Crippen LogP contribution is 2.37. The lowest BCUT2D eigenvalue weighted by Gasteiger charge is -2.34. The molecule has 1 saturated heterocycles. The van der Waals surface area contributed by atoms with Crippen molar-refractivity contribution in [2.24, 2.45) is 5.92 Å². The summed E-state index contributed by atoms with van der Waals surface area (Å²) in [6.45, 7) is 4.22. The number of carbonyl (C=O) groups excluding carboxylic acids is 3. The third-order valence-electron chi connectivity index (χ3n) is 5.57. The molecular formula is C18H26N4O3S. The van der Waals surface area contributed by atoms with Crippen molar-refractivity contribution >= 4 is 29.2 Å². The number of nitrogens with zero attached hydrogens (tertiary/aromatic N) is 3. The standard InChI is InChI=1S/C18H26N4O3S/c1-4-13-5-7-18(8-6-13)16(24)22(17(25)20-18)10-15(23)21(3)9-14-11-26-12(2)19-14/h11,13H,4-10H2,1-3H3,(H,20,25). The SMILES string of the molecule is CCC1CCC2(CC1)NC(=O)N(CC(=O)N(C)Cc1csc(C)n1)C2=O. The Kier molecular flexibility index (Phi) is 5.32. The first-order valence-corrected chi connectivity index (χ1v) is 10.0. The van der Waals surface area contributed by atoms with Crippen LogP contribution in [0.5, 0.6) is 0 Å². The molecule has 1 aliphatic carbocycles. The molecule has 0 bridgehead atoms. The highest BCUT2D eigenvalue weighted by Gasteiger charge is 2.52. The third kappa shape index (κ3) is 3.60. The van der Waals surface area contributed by atoms with Crippen LogP contribution in [-0.2, 0) is 16.1 Å². The Hall–Kier alpha value is -1.96. The molecule has 2 aliphatic rings. The molecule has 1 spiro atoms. The lowest BCUT2D eigenvalue weighted by Crippen LogP contribution is -2.50. The number of nitrogens with one attached hydrogen (secondary N) is 1. The first kappa shape index (κ1) is 18.8. The minimum absolute atomic E-state index is 0.219. The molecule has 0 aromatic carbocycles. The summed E-state index contributed by atoms with van der Waals surface area (Å²) in [6, 6.07) is -0.448. The van der Waals surface area contributed by atoms with Crippen LogP contribution in [0, 0.1) is 12.8 Å². The van der Waals surface area contributed by atoms with Gasteiger partial charge in [0.1, 0.15) is 12.1 Å². The van der Waals surface area contributed by atoms with Gasteiger partial charge in [0.2, 0.25) is 5.91 Å². The van der Waals surface area contributed by atoms with Crippen molar-refractivity contribution in [3.8, 4) is 0 Å². The maximum atomic E-state index is 12.9. The van der Waals surface area contributed by atoms with Gasteiger partial charge < -0.3 is 10.2 Å². The topological polar surface area (TPSA) is 82.6 Å². The number of aromatic nitrogens is 1. The van der Waals surface area contributed by atoms with E-state index in [2.05, 4.69) is 17.2 Å². The Morgan fingerprint density at radius 1 is 1.42 bits per heavy atom. The first-order valence-electron chi connectivity index (χ1n) is 9.13. The molecular weight excluding hydrogens is 352 g/mol. The van der Waals surface area contributed by atoms with E-state index < -0.39 is 11.6 Å². The van der Waals surface area contributed by atoms with Gasteiger partial charge >= 0.3 is 6.03 Å². The summed E-state index contributed by atoms with van der Waals surface area (Å²) in [6.07, 6.45) is 4.30. The van der Waals surface area contributed by atoms with Gasteiger partial charge in [0.15, 0.2) is 0 Å². The molecule has 4 amide bonds. The molecule has 0 unspecified atom stereocenters. The molecule has 26 heavy (non-hydrogen) atoms. The van der Waals surface area contributed by atoms with Crippen molar-refractivity contribution in [1.29, 1.82) is 0 Å². The summed E-state index contributed by atoms with van der Waals surface area (Å²) >= 11 is 1.53. The summed E-state index contributed by atoms with van der Waals surface area (Å²) < 4.78 is 0. The Bertz CT molecular complexity index is 709. The zero-order valence-electron chi connectivity index (χ0n) is 15.6. The van der Waals surface area contributed by atoms with E-state index >= 15 is 0 Å². The van der Waals surface area contributed by atoms with Gasteiger partial charge in [-0.25, -0.2) is 9.78 Å². The second-order valence-corrected chi connectivity index (χ2v) is 8.43. The maximum absolute atomic E-state index is 12.9. The van der Waals surface area contributed by atoms with Crippen molar-refractivity contribution in [2.75, 3.05) is 13.6 Å². The smallest absolute Gasteiger partial charge is 0.325 e.